The summed E-state index contributed by atoms with van der Waals surface area (Å²) in [5.41, 5.74) is 5.07. The zero-order valence-corrected chi connectivity index (χ0v) is 12.0. The molecule has 1 aliphatic rings. The van der Waals surface area contributed by atoms with E-state index in [0.29, 0.717) is 12.6 Å². The number of nitrogens with one attached hydrogen (secondary N) is 1. The Hall–Kier alpha value is -0.650. The van der Waals surface area contributed by atoms with E-state index in [-0.39, 0.29) is 11.9 Å². The molecule has 0 radical (unpaired) electrons. The van der Waals surface area contributed by atoms with Crippen LogP contribution in [0, 0.1) is 0 Å². The fourth-order valence-corrected chi connectivity index (χ4v) is 2.79. The molecule has 5 nitrogen and oxygen atoms in total. The lowest BCUT2D eigenvalue weighted by molar-refractivity contribution is -0.124. The maximum absolute atomic E-state index is 11.8. The van der Waals surface area contributed by atoms with E-state index in [0.717, 1.165) is 25.8 Å². The smallest absolute Gasteiger partial charge is 0.237 e. The average molecular weight is 257 g/mol. The van der Waals surface area contributed by atoms with Crippen molar-refractivity contribution in [3.63, 3.8) is 0 Å². The summed E-state index contributed by atoms with van der Waals surface area (Å²) >= 11 is 0. The molecule has 0 aromatic rings. The maximum atomic E-state index is 11.8. The topological polar surface area (TPSA) is 67.6 Å². The van der Waals surface area contributed by atoms with Gasteiger partial charge < -0.3 is 20.7 Å². The van der Waals surface area contributed by atoms with Crippen LogP contribution in [0.4, 0.5) is 0 Å². The molecule has 5 heteroatoms. The Kier molecular flexibility index (Phi) is 5.56. The number of rotatable bonds is 7. The minimum Gasteiger partial charge on any atom is -0.383 e. The van der Waals surface area contributed by atoms with Gasteiger partial charge in [-0.2, -0.15) is 0 Å². The molecule has 1 saturated carbocycles. The summed E-state index contributed by atoms with van der Waals surface area (Å²) < 4.78 is 5.09. The summed E-state index contributed by atoms with van der Waals surface area (Å²) in [4.78, 5) is 14.0. The van der Waals surface area contributed by atoms with Gasteiger partial charge in [0, 0.05) is 25.7 Å². The fraction of sp³-hybridized carbons (Fsp3) is 0.923. The van der Waals surface area contributed by atoms with E-state index in [1.54, 1.807) is 7.11 Å². The maximum Gasteiger partial charge on any atom is 0.237 e. The summed E-state index contributed by atoms with van der Waals surface area (Å²) in [7, 11) is 3.78. The Morgan fingerprint density at radius 1 is 1.61 bits per heavy atom. The lowest BCUT2D eigenvalue weighted by Crippen LogP contribution is -2.56. The lowest BCUT2D eigenvalue weighted by Gasteiger charge is -2.31. The van der Waals surface area contributed by atoms with Gasteiger partial charge >= 0.3 is 0 Å². The second-order valence-corrected chi connectivity index (χ2v) is 5.62. The lowest BCUT2D eigenvalue weighted by atomic mass is 9.95. The number of ether oxygens (including phenoxy) is 1. The minimum atomic E-state index is -0.528. The molecule has 1 aliphatic carbocycles. The van der Waals surface area contributed by atoms with Crippen LogP contribution in [0.15, 0.2) is 0 Å². The van der Waals surface area contributed by atoms with Crippen LogP contribution in [-0.2, 0) is 9.53 Å². The molecule has 0 aliphatic heterocycles. The first-order valence-electron chi connectivity index (χ1n) is 6.68. The van der Waals surface area contributed by atoms with Gasteiger partial charge in [0.15, 0.2) is 0 Å². The number of hydrogen-bond acceptors (Lipinski definition) is 4. The first kappa shape index (κ1) is 15.4. The van der Waals surface area contributed by atoms with Crippen molar-refractivity contribution in [1.82, 2.24) is 10.2 Å². The Bertz CT molecular complexity index is 283. The molecule has 2 atom stereocenters. The number of primary amides is 1. The van der Waals surface area contributed by atoms with Crippen molar-refractivity contribution < 1.29 is 9.53 Å². The molecular formula is C13H27N3O2. The molecule has 3 N–H and O–H groups in total. The second kappa shape index (κ2) is 6.50. The standard InChI is InChI=1S/C13H27N3O2/c1-10(2)15-13(12(14)17)6-5-11(9-13)16(3)7-8-18-4/h10-11,15H,5-9H2,1-4H3,(H2,14,17). The van der Waals surface area contributed by atoms with Gasteiger partial charge in [-0.25, -0.2) is 0 Å². The predicted octanol–water partition coefficient (Wildman–Crippen LogP) is 0.339. The molecular weight excluding hydrogens is 230 g/mol. The molecule has 0 saturated heterocycles. The number of amides is 1. The number of nitrogens with two attached hydrogens (primary N) is 1. The van der Waals surface area contributed by atoms with E-state index in [2.05, 4.69) is 17.3 Å². The van der Waals surface area contributed by atoms with Crippen LogP contribution in [-0.4, -0.2) is 55.7 Å². The first-order chi connectivity index (χ1) is 8.41. The van der Waals surface area contributed by atoms with Crippen molar-refractivity contribution in [2.75, 3.05) is 27.3 Å². The van der Waals surface area contributed by atoms with Crippen molar-refractivity contribution in [1.29, 1.82) is 0 Å². The minimum absolute atomic E-state index is 0.223. The van der Waals surface area contributed by atoms with Crippen LogP contribution in [0.2, 0.25) is 0 Å². The molecule has 106 valence electrons. The highest BCUT2D eigenvalue weighted by Gasteiger charge is 2.45. The van der Waals surface area contributed by atoms with Gasteiger partial charge in [0.1, 0.15) is 0 Å². The Morgan fingerprint density at radius 3 is 2.78 bits per heavy atom. The van der Waals surface area contributed by atoms with Gasteiger partial charge in [0.25, 0.3) is 0 Å². The molecule has 0 aromatic carbocycles. The largest absolute Gasteiger partial charge is 0.383 e. The van der Waals surface area contributed by atoms with Crippen LogP contribution >= 0.6 is 0 Å². The van der Waals surface area contributed by atoms with E-state index in [1.807, 2.05) is 13.8 Å². The molecule has 1 amide bonds. The molecule has 0 bridgehead atoms. The van der Waals surface area contributed by atoms with E-state index < -0.39 is 5.54 Å². The summed E-state index contributed by atoms with van der Waals surface area (Å²) in [6.45, 7) is 5.70. The van der Waals surface area contributed by atoms with Crippen LogP contribution in [0.25, 0.3) is 0 Å². The summed E-state index contributed by atoms with van der Waals surface area (Å²) in [6, 6.07) is 0.666. The summed E-state index contributed by atoms with van der Waals surface area (Å²) in [6.07, 6.45) is 2.62. The number of likely N-dealkylation sites (N-methyl/N-ethyl adjacent to an activating group) is 1. The van der Waals surface area contributed by atoms with Crippen molar-refractivity contribution in [2.45, 2.75) is 50.7 Å². The number of nitrogens with zero attached hydrogens (tertiary/aromatic N) is 1. The highest BCUT2D eigenvalue weighted by molar-refractivity contribution is 5.85. The van der Waals surface area contributed by atoms with E-state index in [4.69, 9.17) is 10.5 Å². The molecule has 1 fully saturated rings. The first-order valence-corrected chi connectivity index (χ1v) is 6.68. The predicted molar refractivity (Wildman–Crippen MR) is 72.3 cm³/mol. The summed E-state index contributed by atoms with van der Waals surface area (Å²) in [5, 5.41) is 3.36. The van der Waals surface area contributed by atoms with Crippen LogP contribution in [0.5, 0.6) is 0 Å². The second-order valence-electron chi connectivity index (χ2n) is 5.62. The third-order valence-corrected chi connectivity index (χ3v) is 3.80. The number of methoxy groups -OCH3 is 1. The fourth-order valence-electron chi connectivity index (χ4n) is 2.79. The Balaban J connectivity index is 2.62. The normalized spacial score (nSPS) is 28.2. The van der Waals surface area contributed by atoms with Gasteiger partial charge in [0.2, 0.25) is 5.91 Å². The van der Waals surface area contributed by atoms with Gasteiger partial charge in [-0.05, 0) is 40.2 Å². The third kappa shape index (κ3) is 3.67. The van der Waals surface area contributed by atoms with Gasteiger partial charge in [-0.3, -0.25) is 4.79 Å². The monoisotopic (exact) mass is 257 g/mol. The van der Waals surface area contributed by atoms with Crippen LogP contribution in [0.1, 0.15) is 33.1 Å². The molecule has 0 spiro atoms. The number of hydrogen-bond donors (Lipinski definition) is 2. The number of carbonyl (C=O) groups excluding carboxylic acids is 1. The molecule has 1 rings (SSSR count). The van der Waals surface area contributed by atoms with Crippen LogP contribution < -0.4 is 11.1 Å². The van der Waals surface area contributed by atoms with Gasteiger partial charge in [-0.15, -0.1) is 0 Å². The van der Waals surface area contributed by atoms with Crippen molar-refractivity contribution in [2.24, 2.45) is 5.73 Å². The zero-order chi connectivity index (χ0) is 13.8. The van der Waals surface area contributed by atoms with Crippen LogP contribution in [0.3, 0.4) is 0 Å². The average Bonchev–Trinajstić information content (AvgIpc) is 2.70. The molecule has 18 heavy (non-hydrogen) atoms. The van der Waals surface area contributed by atoms with E-state index in [9.17, 15) is 4.79 Å². The van der Waals surface area contributed by atoms with Gasteiger partial charge in [-0.1, -0.05) is 0 Å². The third-order valence-electron chi connectivity index (χ3n) is 3.80. The molecule has 2 unspecified atom stereocenters. The zero-order valence-electron chi connectivity index (χ0n) is 12.0. The molecule has 0 aromatic heterocycles. The quantitative estimate of drug-likeness (QED) is 0.690. The van der Waals surface area contributed by atoms with E-state index in [1.165, 1.54) is 0 Å². The molecule has 0 heterocycles. The SMILES string of the molecule is COCCN(C)C1CCC(NC(C)C)(C(N)=O)C1. The van der Waals surface area contributed by atoms with E-state index >= 15 is 0 Å². The van der Waals surface area contributed by atoms with Crippen molar-refractivity contribution >= 4 is 5.91 Å². The summed E-state index contributed by atoms with van der Waals surface area (Å²) in [5.74, 6) is -0.223. The van der Waals surface area contributed by atoms with Crippen molar-refractivity contribution in [3.8, 4) is 0 Å². The number of carbonyl (C=O) groups is 1. The van der Waals surface area contributed by atoms with Crippen molar-refractivity contribution in [3.05, 3.63) is 0 Å². The highest BCUT2D eigenvalue weighted by atomic mass is 16.5. The Labute approximate surface area is 110 Å². The van der Waals surface area contributed by atoms with Gasteiger partial charge in [0.05, 0.1) is 12.1 Å². The highest BCUT2D eigenvalue weighted by Crippen LogP contribution is 2.33. The Morgan fingerprint density at radius 2 is 2.28 bits per heavy atom.